The van der Waals surface area contributed by atoms with Crippen molar-refractivity contribution in [3.05, 3.63) is 54.6 Å². The Hall–Kier alpha value is -2.43. The van der Waals surface area contributed by atoms with Crippen LogP contribution in [0.3, 0.4) is 0 Å². The molecule has 0 fully saturated rings. The first kappa shape index (κ1) is 24.8. The van der Waals surface area contributed by atoms with E-state index in [-0.39, 0.29) is 11.3 Å². The van der Waals surface area contributed by atoms with Crippen LogP contribution < -0.4 is 9.62 Å². The lowest BCUT2D eigenvalue weighted by molar-refractivity contribution is -0.117. The first-order chi connectivity index (χ1) is 14.6. The third-order valence-electron chi connectivity index (χ3n) is 4.81. The van der Waals surface area contributed by atoms with Crippen molar-refractivity contribution < 1.29 is 21.6 Å². The zero-order valence-corrected chi connectivity index (χ0v) is 19.8. The fourth-order valence-corrected chi connectivity index (χ4v) is 5.95. The molecule has 2 aromatic carbocycles. The van der Waals surface area contributed by atoms with Gasteiger partial charge in [-0.2, -0.15) is 4.31 Å². The second-order valence-electron chi connectivity index (χ2n) is 6.92. The molecule has 0 radical (unpaired) electrons. The van der Waals surface area contributed by atoms with Crippen molar-refractivity contribution in [1.29, 1.82) is 0 Å². The molecule has 0 aliphatic carbocycles. The smallest absolute Gasteiger partial charge is 0.248 e. The highest BCUT2D eigenvalue weighted by molar-refractivity contribution is 7.92. The number of hydrogen-bond donors (Lipinski definition) is 1. The van der Waals surface area contributed by atoms with Gasteiger partial charge in [0.25, 0.3) is 0 Å². The van der Waals surface area contributed by atoms with Crippen LogP contribution in [0.5, 0.6) is 0 Å². The average Bonchev–Trinajstić information content (AvgIpc) is 2.72. The quantitative estimate of drug-likeness (QED) is 0.579. The normalized spacial score (nSPS) is 13.1. The number of rotatable bonds is 10. The summed E-state index contributed by atoms with van der Waals surface area (Å²) in [6, 6.07) is 13.3. The van der Waals surface area contributed by atoms with Crippen molar-refractivity contribution in [2.75, 3.05) is 29.0 Å². The van der Waals surface area contributed by atoms with Gasteiger partial charge >= 0.3 is 0 Å². The molecule has 170 valence electrons. The van der Waals surface area contributed by atoms with Gasteiger partial charge in [0.05, 0.1) is 16.8 Å². The largest absolute Gasteiger partial charge is 0.324 e. The molecule has 0 aliphatic heterocycles. The van der Waals surface area contributed by atoms with E-state index < -0.39 is 32.0 Å². The van der Waals surface area contributed by atoms with Gasteiger partial charge in [-0.05, 0) is 42.8 Å². The minimum atomic E-state index is -3.72. The van der Waals surface area contributed by atoms with Gasteiger partial charge in [0.1, 0.15) is 6.04 Å². The maximum atomic E-state index is 12.9. The lowest BCUT2D eigenvalue weighted by atomic mass is 10.2. The molecule has 0 heterocycles. The van der Waals surface area contributed by atoms with Crippen LogP contribution in [0.15, 0.2) is 59.5 Å². The molecule has 0 aliphatic rings. The van der Waals surface area contributed by atoms with E-state index in [1.807, 2.05) is 0 Å². The fourth-order valence-electron chi connectivity index (χ4n) is 3.28. The van der Waals surface area contributed by atoms with E-state index in [0.29, 0.717) is 24.5 Å². The van der Waals surface area contributed by atoms with Crippen LogP contribution in [-0.4, -0.2) is 52.4 Å². The molecule has 1 amide bonds. The van der Waals surface area contributed by atoms with Crippen molar-refractivity contribution in [2.24, 2.45) is 0 Å². The minimum Gasteiger partial charge on any atom is -0.324 e. The van der Waals surface area contributed by atoms with E-state index in [1.165, 1.54) is 28.6 Å². The highest BCUT2D eigenvalue weighted by Crippen LogP contribution is 2.24. The number of anilines is 2. The van der Waals surface area contributed by atoms with Gasteiger partial charge in [-0.25, -0.2) is 16.8 Å². The number of nitrogens with zero attached hydrogens (tertiary/aromatic N) is 2. The maximum absolute atomic E-state index is 12.9. The monoisotopic (exact) mass is 467 g/mol. The van der Waals surface area contributed by atoms with Crippen LogP contribution in [0, 0.1) is 0 Å². The van der Waals surface area contributed by atoms with Gasteiger partial charge in [-0.15, -0.1) is 0 Å². The predicted molar refractivity (Wildman–Crippen MR) is 123 cm³/mol. The summed E-state index contributed by atoms with van der Waals surface area (Å²) < 4.78 is 52.5. The Balaban J connectivity index is 2.28. The van der Waals surface area contributed by atoms with Crippen LogP contribution >= 0.6 is 0 Å². The van der Waals surface area contributed by atoms with E-state index in [0.717, 1.165) is 10.6 Å². The van der Waals surface area contributed by atoms with Crippen molar-refractivity contribution in [2.45, 2.75) is 38.1 Å². The molecule has 2 rings (SSSR count). The van der Waals surface area contributed by atoms with Gasteiger partial charge in [0.2, 0.25) is 26.0 Å². The molecule has 0 bridgehead atoms. The van der Waals surface area contributed by atoms with Crippen molar-refractivity contribution in [1.82, 2.24) is 4.31 Å². The number of carbonyl (C=O) groups excluding carboxylic acids is 1. The molecule has 2 aromatic rings. The molecule has 0 saturated heterocycles. The Morgan fingerprint density at radius 1 is 0.903 bits per heavy atom. The lowest BCUT2D eigenvalue weighted by Gasteiger charge is -2.30. The molecule has 1 unspecified atom stereocenters. The number of amides is 1. The highest BCUT2D eigenvalue weighted by atomic mass is 32.2. The third-order valence-corrected chi connectivity index (χ3v) is 8.05. The summed E-state index contributed by atoms with van der Waals surface area (Å²) in [5.41, 5.74) is 0.774. The average molecular weight is 468 g/mol. The molecule has 0 spiro atoms. The van der Waals surface area contributed by atoms with Crippen LogP contribution in [0.2, 0.25) is 0 Å². The molecule has 1 atom stereocenters. The number of benzene rings is 2. The SMILES string of the molecule is CCC(C(=O)Nc1ccc(S(=O)(=O)N(CC)CC)cc1)N(c1ccccc1)S(C)(=O)=O. The van der Waals surface area contributed by atoms with Crippen molar-refractivity contribution in [3.63, 3.8) is 0 Å². The Morgan fingerprint density at radius 3 is 1.90 bits per heavy atom. The Kier molecular flexibility index (Phi) is 8.21. The van der Waals surface area contributed by atoms with Gasteiger partial charge in [-0.1, -0.05) is 39.0 Å². The second-order valence-corrected chi connectivity index (χ2v) is 10.7. The molecular formula is C21H29N3O5S2. The van der Waals surface area contributed by atoms with Crippen LogP contribution in [-0.2, 0) is 24.8 Å². The number of nitrogens with one attached hydrogen (secondary N) is 1. The van der Waals surface area contributed by atoms with Crippen LogP contribution in [0.4, 0.5) is 11.4 Å². The first-order valence-electron chi connectivity index (χ1n) is 10.0. The zero-order valence-electron chi connectivity index (χ0n) is 18.1. The summed E-state index contributed by atoms with van der Waals surface area (Å²) in [4.78, 5) is 13.1. The summed E-state index contributed by atoms with van der Waals surface area (Å²) >= 11 is 0. The number of para-hydroxylation sites is 1. The Morgan fingerprint density at radius 2 is 1.45 bits per heavy atom. The summed E-state index contributed by atoms with van der Waals surface area (Å²) in [6.45, 7) is 5.97. The molecular weight excluding hydrogens is 438 g/mol. The predicted octanol–water partition coefficient (Wildman–Crippen LogP) is 2.90. The molecule has 10 heteroatoms. The fraction of sp³-hybridized carbons (Fsp3) is 0.381. The Bertz CT molecular complexity index is 1080. The molecule has 8 nitrogen and oxygen atoms in total. The van der Waals surface area contributed by atoms with Gasteiger partial charge < -0.3 is 5.32 Å². The topological polar surface area (TPSA) is 104 Å². The molecule has 1 N–H and O–H groups in total. The van der Waals surface area contributed by atoms with Crippen LogP contribution in [0.1, 0.15) is 27.2 Å². The van der Waals surface area contributed by atoms with E-state index in [2.05, 4.69) is 5.32 Å². The van der Waals surface area contributed by atoms with E-state index in [1.54, 1.807) is 51.1 Å². The Labute approximate surface area is 185 Å². The van der Waals surface area contributed by atoms with E-state index >= 15 is 0 Å². The van der Waals surface area contributed by atoms with Crippen LogP contribution in [0.25, 0.3) is 0 Å². The summed E-state index contributed by atoms with van der Waals surface area (Å²) in [6.07, 6.45) is 1.31. The van der Waals surface area contributed by atoms with Crippen molar-refractivity contribution >= 4 is 37.3 Å². The van der Waals surface area contributed by atoms with E-state index in [9.17, 15) is 21.6 Å². The number of hydrogen-bond acceptors (Lipinski definition) is 5. The zero-order chi connectivity index (χ0) is 23.2. The number of carbonyl (C=O) groups is 1. The first-order valence-corrected chi connectivity index (χ1v) is 13.3. The summed E-state index contributed by atoms with van der Waals surface area (Å²) in [5.74, 6) is -0.504. The molecule has 0 aromatic heterocycles. The minimum absolute atomic E-state index is 0.128. The second kappa shape index (κ2) is 10.3. The maximum Gasteiger partial charge on any atom is 0.248 e. The number of sulfonamides is 2. The van der Waals surface area contributed by atoms with Crippen molar-refractivity contribution in [3.8, 4) is 0 Å². The van der Waals surface area contributed by atoms with Gasteiger partial charge in [-0.3, -0.25) is 9.10 Å². The standard InChI is InChI=1S/C21H29N3O5S2/c1-5-20(24(30(4,26)27)18-11-9-8-10-12-18)21(25)22-17-13-15-19(16-14-17)31(28,29)23(6-2)7-3/h8-16,20H,5-7H2,1-4H3,(H,22,25). The molecule has 31 heavy (non-hydrogen) atoms. The van der Waals surface area contributed by atoms with E-state index in [4.69, 9.17) is 0 Å². The van der Waals surface area contributed by atoms with Gasteiger partial charge in [0, 0.05) is 18.8 Å². The lowest BCUT2D eigenvalue weighted by Crippen LogP contribution is -2.46. The van der Waals surface area contributed by atoms with Gasteiger partial charge in [0.15, 0.2) is 0 Å². The summed E-state index contributed by atoms with van der Waals surface area (Å²) in [5, 5.41) is 2.70. The summed E-state index contributed by atoms with van der Waals surface area (Å²) in [7, 11) is -7.32. The third kappa shape index (κ3) is 5.84. The molecule has 0 saturated carbocycles. The highest BCUT2D eigenvalue weighted by Gasteiger charge is 2.31.